The molecule has 0 spiro atoms. The lowest BCUT2D eigenvalue weighted by Crippen LogP contribution is -2.31. The van der Waals surface area contributed by atoms with Crippen LogP contribution >= 0.6 is 0 Å². The van der Waals surface area contributed by atoms with Crippen LogP contribution in [0.15, 0.2) is 24.3 Å². The quantitative estimate of drug-likeness (QED) is 0.658. The Balaban J connectivity index is 2.29. The van der Waals surface area contributed by atoms with Crippen LogP contribution in [0.1, 0.15) is 6.42 Å². The van der Waals surface area contributed by atoms with Gasteiger partial charge in [0.25, 0.3) is 0 Å². The average molecular weight is 180 g/mol. The third-order valence-electron chi connectivity index (χ3n) is 1.84. The normalized spacial score (nSPS) is 20.3. The number of amides is 2. The highest BCUT2D eigenvalue weighted by atomic mass is 16.2. The largest absolute Gasteiger partial charge is 0.352 e. The number of nitrogens with one attached hydrogen (secondary N) is 1. The molecule has 4 heteroatoms. The minimum Gasteiger partial charge on any atom is -0.352 e. The van der Waals surface area contributed by atoms with E-state index in [1.165, 1.54) is 6.08 Å². The van der Waals surface area contributed by atoms with Crippen LogP contribution in [0.3, 0.4) is 0 Å². The number of rotatable bonds is 3. The molecule has 1 rings (SSSR count). The molecule has 2 amide bonds. The standard InChI is InChI=1S/C9H12N2O2/c10-9(13)11-6-5-7-3-1-2-4-8(7)12/h1-4,7H,5-6H2,(H3,10,11,13). The van der Waals surface area contributed by atoms with Crippen LogP contribution in [-0.2, 0) is 4.79 Å². The van der Waals surface area contributed by atoms with Crippen LogP contribution < -0.4 is 11.1 Å². The van der Waals surface area contributed by atoms with Crippen molar-refractivity contribution in [2.45, 2.75) is 6.42 Å². The highest BCUT2D eigenvalue weighted by Crippen LogP contribution is 2.10. The van der Waals surface area contributed by atoms with Crippen LogP contribution in [0, 0.1) is 5.92 Å². The molecule has 0 aromatic heterocycles. The number of allylic oxidation sites excluding steroid dienone is 4. The summed E-state index contributed by atoms with van der Waals surface area (Å²) in [6.07, 6.45) is 7.50. The van der Waals surface area contributed by atoms with Crippen LogP contribution in [0.2, 0.25) is 0 Å². The molecule has 1 aliphatic carbocycles. The van der Waals surface area contributed by atoms with Crippen LogP contribution in [-0.4, -0.2) is 18.4 Å². The zero-order valence-corrected chi connectivity index (χ0v) is 7.19. The maximum atomic E-state index is 11.2. The number of urea groups is 1. The smallest absolute Gasteiger partial charge is 0.312 e. The maximum Gasteiger partial charge on any atom is 0.312 e. The molecule has 1 atom stereocenters. The van der Waals surface area contributed by atoms with Crippen LogP contribution in [0.4, 0.5) is 4.79 Å². The Morgan fingerprint density at radius 2 is 2.31 bits per heavy atom. The number of hydrogen-bond donors (Lipinski definition) is 2. The summed E-state index contributed by atoms with van der Waals surface area (Å²) in [5.41, 5.74) is 4.88. The van der Waals surface area contributed by atoms with Gasteiger partial charge in [0.15, 0.2) is 5.78 Å². The van der Waals surface area contributed by atoms with Gasteiger partial charge in [0.1, 0.15) is 0 Å². The van der Waals surface area contributed by atoms with E-state index in [1.807, 2.05) is 12.2 Å². The minimum atomic E-state index is -0.553. The molecule has 4 nitrogen and oxygen atoms in total. The molecule has 0 saturated carbocycles. The van der Waals surface area contributed by atoms with Gasteiger partial charge in [0, 0.05) is 12.5 Å². The first-order chi connectivity index (χ1) is 6.20. The van der Waals surface area contributed by atoms with E-state index in [2.05, 4.69) is 5.32 Å². The van der Waals surface area contributed by atoms with Crippen molar-refractivity contribution < 1.29 is 9.59 Å². The molecular weight excluding hydrogens is 168 g/mol. The predicted octanol–water partition coefficient (Wildman–Crippen LogP) is 0.356. The molecule has 0 heterocycles. The lowest BCUT2D eigenvalue weighted by Gasteiger charge is -2.11. The van der Waals surface area contributed by atoms with Gasteiger partial charge >= 0.3 is 6.03 Å². The van der Waals surface area contributed by atoms with Gasteiger partial charge in [-0.1, -0.05) is 18.2 Å². The number of primary amides is 1. The van der Waals surface area contributed by atoms with Gasteiger partial charge in [-0.2, -0.15) is 0 Å². The van der Waals surface area contributed by atoms with E-state index < -0.39 is 6.03 Å². The molecule has 0 radical (unpaired) electrons. The zero-order valence-electron chi connectivity index (χ0n) is 7.19. The summed E-state index contributed by atoms with van der Waals surface area (Å²) in [4.78, 5) is 21.5. The number of carbonyl (C=O) groups excluding carboxylic acids is 2. The van der Waals surface area contributed by atoms with Gasteiger partial charge < -0.3 is 11.1 Å². The molecule has 13 heavy (non-hydrogen) atoms. The second-order valence-electron chi connectivity index (χ2n) is 2.83. The molecule has 0 fully saturated rings. The number of nitrogens with two attached hydrogens (primary N) is 1. The predicted molar refractivity (Wildman–Crippen MR) is 49.0 cm³/mol. The Kier molecular flexibility index (Phi) is 3.25. The number of hydrogen-bond acceptors (Lipinski definition) is 2. The summed E-state index contributed by atoms with van der Waals surface area (Å²) in [6.45, 7) is 0.434. The number of carbonyl (C=O) groups is 2. The van der Waals surface area contributed by atoms with Crippen molar-refractivity contribution in [1.29, 1.82) is 0 Å². The van der Waals surface area contributed by atoms with Crippen molar-refractivity contribution in [3.8, 4) is 0 Å². The molecule has 0 aromatic carbocycles. The Morgan fingerprint density at radius 1 is 1.54 bits per heavy atom. The summed E-state index contributed by atoms with van der Waals surface area (Å²) >= 11 is 0. The monoisotopic (exact) mass is 180 g/mol. The highest BCUT2D eigenvalue weighted by molar-refractivity contribution is 5.94. The summed E-state index contributed by atoms with van der Waals surface area (Å²) in [6, 6.07) is -0.553. The SMILES string of the molecule is NC(=O)NCCC1C=CC=CC1=O. The lowest BCUT2D eigenvalue weighted by atomic mass is 9.96. The second kappa shape index (κ2) is 4.45. The molecule has 0 aromatic rings. The highest BCUT2D eigenvalue weighted by Gasteiger charge is 2.13. The van der Waals surface area contributed by atoms with Gasteiger partial charge in [-0.3, -0.25) is 4.79 Å². The van der Waals surface area contributed by atoms with E-state index in [4.69, 9.17) is 5.73 Å². The van der Waals surface area contributed by atoms with E-state index >= 15 is 0 Å². The van der Waals surface area contributed by atoms with E-state index in [0.717, 1.165) is 0 Å². The van der Waals surface area contributed by atoms with Crippen molar-refractivity contribution in [1.82, 2.24) is 5.32 Å². The summed E-state index contributed by atoms with van der Waals surface area (Å²) in [5, 5.41) is 2.44. The Labute approximate surface area is 76.5 Å². The molecule has 0 saturated heterocycles. The fraction of sp³-hybridized carbons (Fsp3) is 0.333. The fourth-order valence-corrected chi connectivity index (χ4v) is 1.16. The Hall–Kier alpha value is -1.58. The van der Waals surface area contributed by atoms with Crippen molar-refractivity contribution in [3.05, 3.63) is 24.3 Å². The zero-order chi connectivity index (χ0) is 9.68. The van der Waals surface area contributed by atoms with Gasteiger partial charge in [-0.05, 0) is 12.5 Å². The second-order valence-corrected chi connectivity index (χ2v) is 2.83. The summed E-state index contributed by atoms with van der Waals surface area (Å²) in [5.74, 6) is -0.0365. The summed E-state index contributed by atoms with van der Waals surface area (Å²) in [7, 11) is 0. The molecule has 0 aliphatic heterocycles. The molecule has 70 valence electrons. The fourth-order valence-electron chi connectivity index (χ4n) is 1.16. The van der Waals surface area contributed by atoms with Crippen LogP contribution in [0.25, 0.3) is 0 Å². The van der Waals surface area contributed by atoms with Crippen molar-refractivity contribution in [2.24, 2.45) is 11.7 Å². The minimum absolute atomic E-state index is 0.0776. The first-order valence-electron chi connectivity index (χ1n) is 4.12. The topological polar surface area (TPSA) is 72.2 Å². The Bertz CT molecular complexity index is 269. The molecule has 3 N–H and O–H groups in total. The van der Waals surface area contributed by atoms with Gasteiger partial charge in [0.05, 0.1) is 0 Å². The molecule has 1 aliphatic rings. The van der Waals surface area contributed by atoms with E-state index in [9.17, 15) is 9.59 Å². The van der Waals surface area contributed by atoms with Crippen molar-refractivity contribution in [2.75, 3.05) is 6.54 Å². The van der Waals surface area contributed by atoms with Crippen molar-refractivity contribution in [3.63, 3.8) is 0 Å². The van der Waals surface area contributed by atoms with Gasteiger partial charge in [-0.25, -0.2) is 4.79 Å². The molecule has 1 unspecified atom stereocenters. The molecular formula is C9H12N2O2. The van der Waals surface area contributed by atoms with Gasteiger partial charge in [0.2, 0.25) is 0 Å². The molecule has 0 bridgehead atoms. The van der Waals surface area contributed by atoms with Gasteiger partial charge in [-0.15, -0.1) is 0 Å². The van der Waals surface area contributed by atoms with Crippen LogP contribution in [0.5, 0.6) is 0 Å². The van der Waals surface area contributed by atoms with E-state index in [-0.39, 0.29) is 11.7 Å². The first-order valence-corrected chi connectivity index (χ1v) is 4.12. The van der Waals surface area contributed by atoms with Crippen molar-refractivity contribution >= 4 is 11.8 Å². The maximum absolute atomic E-state index is 11.2. The first kappa shape index (κ1) is 9.51. The average Bonchev–Trinajstić information content (AvgIpc) is 2.08. The number of ketones is 1. The lowest BCUT2D eigenvalue weighted by molar-refractivity contribution is -0.117. The third-order valence-corrected chi connectivity index (χ3v) is 1.84. The van der Waals surface area contributed by atoms with E-state index in [1.54, 1.807) is 6.08 Å². The third kappa shape index (κ3) is 3.11. The Morgan fingerprint density at radius 3 is 2.92 bits per heavy atom. The summed E-state index contributed by atoms with van der Waals surface area (Å²) < 4.78 is 0. The van der Waals surface area contributed by atoms with E-state index in [0.29, 0.717) is 13.0 Å².